The highest BCUT2D eigenvalue weighted by Gasteiger charge is 1.89. The van der Waals surface area contributed by atoms with Crippen molar-refractivity contribution in [1.82, 2.24) is 0 Å². The minimum atomic E-state index is 0.334. The van der Waals surface area contributed by atoms with Crippen LogP contribution >= 0.6 is 0 Å². The van der Waals surface area contributed by atoms with Gasteiger partial charge in [0.2, 0.25) is 0 Å². The summed E-state index contributed by atoms with van der Waals surface area (Å²) in [6.07, 6.45) is 9.23. The zero-order valence-corrected chi connectivity index (χ0v) is 6.70. The summed E-state index contributed by atoms with van der Waals surface area (Å²) in [5, 5.41) is 11.5. The highest BCUT2D eigenvalue weighted by atomic mass is 16.3. The van der Waals surface area contributed by atoms with Crippen molar-refractivity contribution >= 4 is 12.2 Å². The second-order valence-corrected chi connectivity index (χ2v) is 2.85. The number of aromatic hydroxyl groups is 1. The molecule has 12 heavy (non-hydrogen) atoms. The maximum Gasteiger partial charge on any atom is 0.116 e. The van der Waals surface area contributed by atoms with Crippen LogP contribution in [-0.4, -0.2) is 5.11 Å². The van der Waals surface area contributed by atoms with Crippen molar-refractivity contribution in [2.45, 2.75) is 6.42 Å². The van der Waals surface area contributed by atoms with Crippen LogP contribution in [0.15, 0.2) is 30.4 Å². The Morgan fingerprint density at radius 1 is 1.17 bits per heavy atom. The highest BCUT2D eigenvalue weighted by molar-refractivity contribution is 5.45. The second-order valence-electron chi connectivity index (χ2n) is 2.85. The van der Waals surface area contributed by atoms with Gasteiger partial charge in [-0.3, -0.25) is 0 Å². The number of phenolic OH excluding ortho intramolecular Hbond substituents is 1. The van der Waals surface area contributed by atoms with E-state index in [9.17, 15) is 5.11 Å². The van der Waals surface area contributed by atoms with E-state index in [0.29, 0.717) is 5.75 Å². The summed E-state index contributed by atoms with van der Waals surface area (Å²) in [6, 6.07) is 5.43. The molecule has 1 aromatic rings. The van der Waals surface area contributed by atoms with Gasteiger partial charge in [0, 0.05) is 0 Å². The SMILES string of the molecule is Oc1ccc2c(c1)=CCC=CC=2. The first-order chi connectivity index (χ1) is 5.86. The molecule has 2 rings (SSSR count). The van der Waals surface area contributed by atoms with Crippen LogP contribution < -0.4 is 10.4 Å². The molecular formula is C11H10O. The number of hydrogen-bond acceptors (Lipinski definition) is 1. The van der Waals surface area contributed by atoms with Crippen LogP contribution in [0.4, 0.5) is 0 Å². The molecule has 1 N–H and O–H groups in total. The normalized spacial score (nSPS) is 14.0. The van der Waals surface area contributed by atoms with E-state index in [4.69, 9.17) is 0 Å². The van der Waals surface area contributed by atoms with Crippen LogP contribution in [0, 0.1) is 0 Å². The first kappa shape index (κ1) is 7.17. The summed E-state index contributed by atoms with van der Waals surface area (Å²) in [7, 11) is 0. The maximum absolute atomic E-state index is 9.23. The fourth-order valence-electron chi connectivity index (χ4n) is 1.34. The summed E-state index contributed by atoms with van der Waals surface area (Å²) in [6.45, 7) is 0. The molecule has 0 unspecified atom stereocenters. The Kier molecular flexibility index (Phi) is 1.71. The second kappa shape index (κ2) is 2.86. The highest BCUT2D eigenvalue weighted by Crippen LogP contribution is 1.99. The predicted octanol–water partition coefficient (Wildman–Crippen LogP) is 0.913. The smallest absolute Gasteiger partial charge is 0.116 e. The van der Waals surface area contributed by atoms with Gasteiger partial charge in [0.15, 0.2) is 0 Å². The molecule has 1 aromatic carbocycles. The Morgan fingerprint density at radius 3 is 3.00 bits per heavy atom. The zero-order valence-electron chi connectivity index (χ0n) is 6.70. The molecular weight excluding hydrogens is 148 g/mol. The molecule has 1 aliphatic carbocycles. The number of benzene rings is 1. The largest absolute Gasteiger partial charge is 0.508 e. The molecule has 0 amide bonds. The Labute approximate surface area is 71.0 Å². The molecule has 0 spiro atoms. The summed E-state index contributed by atoms with van der Waals surface area (Å²) < 4.78 is 0. The van der Waals surface area contributed by atoms with Crippen LogP contribution in [0.25, 0.3) is 12.2 Å². The van der Waals surface area contributed by atoms with E-state index in [1.54, 1.807) is 12.1 Å². The van der Waals surface area contributed by atoms with Crippen molar-refractivity contribution in [2.24, 2.45) is 0 Å². The maximum atomic E-state index is 9.23. The molecule has 0 atom stereocenters. The van der Waals surface area contributed by atoms with Crippen molar-refractivity contribution < 1.29 is 5.11 Å². The molecule has 0 saturated carbocycles. The van der Waals surface area contributed by atoms with Crippen molar-refractivity contribution in [3.8, 4) is 5.75 Å². The summed E-state index contributed by atoms with van der Waals surface area (Å²) in [5.41, 5.74) is 0. The molecule has 60 valence electrons. The minimum absolute atomic E-state index is 0.334. The monoisotopic (exact) mass is 158 g/mol. The van der Waals surface area contributed by atoms with Gasteiger partial charge in [0.05, 0.1) is 0 Å². The van der Waals surface area contributed by atoms with E-state index >= 15 is 0 Å². The van der Waals surface area contributed by atoms with Gasteiger partial charge in [-0.15, -0.1) is 0 Å². The zero-order chi connectivity index (χ0) is 8.39. The lowest BCUT2D eigenvalue weighted by atomic mass is 10.2. The quantitative estimate of drug-likeness (QED) is 0.595. The standard InChI is InChI=1S/C11H10O/c12-11-7-6-9-4-2-1-3-5-10(9)8-11/h1-2,4-8,12H,3H2. The van der Waals surface area contributed by atoms with Crippen molar-refractivity contribution in [2.75, 3.05) is 0 Å². The lowest BCUT2D eigenvalue weighted by molar-refractivity contribution is 0.474. The van der Waals surface area contributed by atoms with E-state index in [1.165, 1.54) is 5.22 Å². The van der Waals surface area contributed by atoms with E-state index < -0.39 is 0 Å². The third-order valence-electron chi connectivity index (χ3n) is 1.96. The lowest BCUT2D eigenvalue weighted by Crippen LogP contribution is -2.22. The van der Waals surface area contributed by atoms with Crippen molar-refractivity contribution in [1.29, 1.82) is 0 Å². The number of rotatable bonds is 0. The van der Waals surface area contributed by atoms with E-state index in [0.717, 1.165) is 11.6 Å². The number of fused-ring (bicyclic) bond motifs is 1. The molecule has 1 nitrogen and oxygen atoms in total. The van der Waals surface area contributed by atoms with Crippen LogP contribution in [0.5, 0.6) is 5.75 Å². The van der Waals surface area contributed by atoms with Crippen molar-refractivity contribution in [3.63, 3.8) is 0 Å². The van der Waals surface area contributed by atoms with E-state index in [1.807, 2.05) is 12.1 Å². The third-order valence-corrected chi connectivity index (χ3v) is 1.96. The molecule has 0 heterocycles. The van der Waals surface area contributed by atoms with Gasteiger partial charge < -0.3 is 5.11 Å². The Morgan fingerprint density at radius 2 is 2.08 bits per heavy atom. The minimum Gasteiger partial charge on any atom is -0.508 e. The van der Waals surface area contributed by atoms with Crippen LogP contribution in [0.1, 0.15) is 6.42 Å². The average Bonchev–Trinajstić information content (AvgIpc) is 2.28. The summed E-state index contributed by atoms with van der Waals surface area (Å²) >= 11 is 0. The van der Waals surface area contributed by atoms with E-state index in [-0.39, 0.29) is 0 Å². The molecule has 1 heteroatoms. The summed E-state index contributed by atoms with van der Waals surface area (Å²) in [5.74, 6) is 0.334. The van der Waals surface area contributed by atoms with Crippen LogP contribution in [0.3, 0.4) is 0 Å². The van der Waals surface area contributed by atoms with Gasteiger partial charge >= 0.3 is 0 Å². The van der Waals surface area contributed by atoms with Gasteiger partial charge in [-0.05, 0) is 29.0 Å². The van der Waals surface area contributed by atoms with Crippen LogP contribution in [0.2, 0.25) is 0 Å². The lowest BCUT2D eigenvalue weighted by Gasteiger charge is -1.91. The first-order valence-corrected chi connectivity index (χ1v) is 4.02. The van der Waals surface area contributed by atoms with Gasteiger partial charge in [-0.1, -0.05) is 30.4 Å². The van der Waals surface area contributed by atoms with Gasteiger partial charge in [0.25, 0.3) is 0 Å². The third kappa shape index (κ3) is 1.26. The van der Waals surface area contributed by atoms with Gasteiger partial charge in [-0.25, -0.2) is 0 Å². The molecule has 0 aromatic heterocycles. The Balaban J connectivity index is 2.78. The molecule has 0 fully saturated rings. The van der Waals surface area contributed by atoms with Gasteiger partial charge in [-0.2, -0.15) is 0 Å². The van der Waals surface area contributed by atoms with E-state index in [2.05, 4.69) is 18.2 Å². The number of hydrogen-bond donors (Lipinski definition) is 1. The van der Waals surface area contributed by atoms with Crippen molar-refractivity contribution in [3.05, 3.63) is 40.8 Å². The van der Waals surface area contributed by atoms with Gasteiger partial charge in [0.1, 0.15) is 5.75 Å². The number of phenols is 1. The fraction of sp³-hybridized carbons (Fsp3) is 0.0909. The summed E-state index contributed by atoms with van der Waals surface area (Å²) in [4.78, 5) is 0. The first-order valence-electron chi connectivity index (χ1n) is 4.02. The fourth-order valence-corrected chi connectivity index (χ4v) is 1.34. The number of allylic oxidation sites excluding steroid dienone is 2. The Hall–Kier alpha value is -1.50. The predicted molar refractivity (Wildman–Crippen MR) is 50.0 cm³/mol. The molecule has 0 saturated heterocycles. The average molecular weight is 158 g/mol. The molecule has 0 bridgehead atoms. The van der Waals surface area contributed by atoms with Crippen LogP contribution in [-0.2, 0) is 0 Å². The molecule has 0 aliphatic heterocycles. The topological polar surface area (TPSA) is 20.2 Å². The molecule has 1 aliphatic rings. The Bertz CT molecular complexity index is 427. The molecule has 0 radical (unpaired) electrons.